The maximum atomic E-state index is 12.1. The summed E-state index contributed by atoms with van der Waals surface area (Å²) in [6.07, 6.45) is 1.02. The highest BCUT2D eigenvalue weighted by Crippen LogP contribution is 2.21. The summed E-state index contributed by atoms with van der Waals surface area (Å²) in [5, 5.41) is 3.50. The zero-order valence-corrected chi connectivity index (χ0v) is 15.6. The van der Waals surface area contributed by atoms with Crippen molar-refractivity contribution in [3.63, 3.8) is 0 Å². The molecule has 0 radical (unpaired) electrons. The van der Waals surface area contributed by atoms with E-state index in [1.54, 1.807) is 0 Å². The number of benzene rings is 1. The van der Waals surface area contributed by atoms with Gasteiger partial charge in [-0.05, 0) is 35.3 Å². The van der Waals surface area contributed by atoms with Gasteiger partial charge in [0.25, 0.3) is 5.91 Å². The Kier molecular flexibility index (Phi) is 7.45. The molecule has 1 amide bonds. The van der Waals surface area contributed by atoms with E-state index >= 15 is 0 Å². The molecule has 1 rings (SSSR count). The second kappa shape index (κ2) is 8.84. The first kappa shape index (κ1) is 19.4. The summed E-state index contributed by atoms with van der Waals surface area (Å²) in [6, 6.07) is 7.62. The fraction of sp³-hybridized carbons (Fsp3) is 0.529. The molecule has 128 valence electrons. The van der Waals surface area contributed by atoms with Crippen LogP contribution in [-0.2, 0) is 5.41 Å². The van der Waals surface area contributed by atoms with Crippen LogP contribution in [0, 0.1) is 0 Å². The minimum absolute atomic E-state index is 0.0764. The minimum atomic E-state index is -0.202. The van der Waals surface area contributed by atoms with Crippen molar-refractivity contribution in [3.8, 4) is 0 Å². The van der Waals surface area contributed by atoms with Crippen LogP contribution in [-0.4, -0.2) is 38.2 Å². The van der Waals surface area contributed by atoms with Gasteiger partial charge in [-0.25, -0.2) is 0 Å². The molecule has 0 unspecified atom stereocenters. The number of hydrogen-bond acceptors (Lipinski definition) is 2. The van der Waals surface area contributed by atoms with Crippen molar-refractivity contribution in [1.29, 1.82) is 0 Å². The third kappa shape index (κ3) is 7.43. The monoisotopic (exact) mass is 337 g/mol. The molecule has 0 atom stereocenters. The van der Waals surface area contributed by atoms with Crippen molar-refractivity contribution < 1.29 is 9.69 Å². The van der Waals surface area contributed by atoms with Crippen LogP contribution in [0.3, 0.4) is 0 Å². The molecule has 0 aliphatic heterocycles. The molecule has 1 aromatic rings. The normalized spacial score (nSPS) is 11.2. The lowest BCUT2D eigenvalue weighted by Gasteiger charge is -2.19. The molecule has 23 heavy (non-hydrogen) atoms. The number of thiocarbonyl (C=S) groups is 1. The van der Waals surface area contributed by atoms with Crippen LogP contribution in [0.5, 0.6) is 0 Å². The highest BCUT2D eigenvalue weighted by atomic mass is 32.1. The smallest absolute Gasteiger partial charge is 0.269 e. The molecule has 0 aliphatic carbocycles. The van der Waals surface area contributed by atoms with Gasteiger partial charge >= 0.3 is 0 Å². The van der Waals surface area contributed by atoms with Crippen LogP contribution in [0.4, 0.5) is 0 Å². The van der Waals surface area contributed by atoms with E-state index in [1.165, 1.54) is 10.5 Å². The molecule has 0 spiro atoms. The molecule has 1 aromatic carbocycles. The second-order valence-corrected chi connectivity index (χ2v) is 7.38. The van der Waals surface area contributed by atoms with Crippen molar-refractivity contribution >= 4 is 23.2 Å². The molecule has 0 aromatic heterocycles. The van der Waals surface area contributed by atoms with Crippen LogP contribution in [0.25, 0.3) is 0 Å². The topological polar surface area (TPSA) is 57.6 Å². The van der Waals surface area contributed by atoms with Crippen molar-refractivity contribution in [2.24, 2.45) is 0 Å². The number of hydrogen-bond donors (Lipinski definition) is 4. The Labute approximate surface area is 144 Å². The van der Waals surface area contributed by atoms with Crippen molar-refractivity contribution in [2.75, 3.05) is 27.2 Å². The number of hydrazine groups is 1. The van der Waals surface area contributed by atoms with Crippen LogP contribution < -0.4 is 21.1 Å². The average Bonchev–Trinajstić information content (AvgIpc) is 2.48. The zero-order chi connectivity index (χ0) is 17.5. The third-order valence-corrected chi connectivity index (χ3v) is 3.69. The summed E-state index contributed by atoms with van der Waals surface area (Å²) in [4.78, 5) is 13.5. The van der Waals surface area contributed by atoms with Gasteiger partial charge in [0.1, 0.15) is 0 Å². The van der Waals surface area contributed by atoms with Gasteiger partial charge in [-0.15, -0.1) is 0 Å². The molecule has 0 bridgehead atoms. The molecule has 4 N–H and O–H groups in total. The Hall–Kier alpha value is -1.66. The Morgan fingerprint density at radius 1 is 1.13 bits per heavy atom. The summed E-state index contributed by atoms with van der Waals surface area (Å²) < 4.78 is 0. The molecule has 6 heteroatoms. The molecular formula is C17H29N4OS+. The number of nitrogens with one attached hydrogen (secondary N) is 4. The average molecular weight is 338 g/mol. The van der Waals surface area contributed by atoms with Gasteiger partial charge in [-0.3, -0.25) is 15.6 Å². The van der Waals surface area contributed by atoms with Gasteiger partial charge in [0.2, 0.25) is 0 Å². The Bertz CT molecular complexity index is 520. The quantitative estimate of drug-likeness (QED) is 0.362. The predicted octanol–water partition coefficient (Wildman–Crippen LogP) is 0.628. The zero-order valence-electron chi connectivity index (χ0n) is 14.7. The Morgan fingerprint density at radius 2 is 1.74 bits per heavy atom. The summed E-state index contributed by atoms with van der Waals surface area (Å²) >= 11 is 5.13. The molecule has 5 nitrogen and oxygen atoms in total. The number of carbonyl (C=O) groups excluding carboxylic acids is 1. The maximum absolute atomic E-state index is 12.1. The van der Waals surface area contributed by atoms with Gasteiger partial charge in [-0.1, -0.05) is 32.9 Å². The lowest BCUT2D eigenvalue weighted by Crippen LogP contribution is -3.05. The summed E-state index contributed by atoms with van der Waals surface area (Å²) in [7, 11) is 4.23. The Balaban J connectivity index is 2.37. The standard InChI is InChI=1S/C17H28N4OS/c1-17(2,3)14-9-7-13(8-10-14)15(22)19-20-16(23)18-11-6-12-21(4)5/h7-10H,6,11-12H2,1-5H3,(H,19,22)(H2,18,20,23)/p+1. The predicted molar refractivity (Wildman–Crippen MR) is 98.6 cm³/mol. The van der Waals surface area contributed by atoms with E-state index in [9.17, 15) is 4.79 Å². The largest absolute Gasteiger partial charge is 0.361 e. The van der Waals surface area contributed by atoms with E-state index in [1.807, 2.05) is 24.3 Å². The highest BCUT2D eigenvalue weighted by Gasteiger charge is 2.14. The van der Waals surface area contributed by atoms with Crippen molar-refractivity contribution in [1.82, 2.24) is 16.2 Å². The van der Waals surface area contributed by atoms with E-state index in [0.717, 1.165) is 19.5 Å². The summed E-state index contributed by atoms with van der Waals surface area (Å²) in [5.41, 5.74) is 7.21. The summed E-state index contributed by atoms with van der Waals surface area (Å²) in [6.45, 7) is 8.29. The van der Waals surface area contributed by atoms with Crippen LogP contribution in [0.1, 0.15) is 43.1 Å². The van der Waals surface area contributed by atoms with Crippen LogP contribution >= 0.6 is 12.2 Å². The van der Waals surface area contributed by atoms with Gasteiger partial charge < -0.3 is 10.2 Å². The van der Waals surface area contributed by atoms with E-state index in [2.05, 4.69) is 51.0 Å². The second-order valence-electron chi connectivity index (χ2n) is 6.97. The summed E-state index contributed by atoms with van der Waals surface area (Å²) in [5.74, 6) is -0.202. The lowest BCUT2D eigenvalue weighted by molar-refractivity contribution is -0.858. The van der Waals surface area contributed by atoms with Gasteiger partial charge in [0, 0.05) is 18.5 Å². The van der Waals surface area contributed by atoms with E-state index in [4.69, 9.17) is 12.2 Å². The molecule has 0 heterocycles. The number of rotatable bonds is 5. The van der Waals surface area contributed by atoms with E-state index in [0.29, 0.717) is 10.7 Å². The Morgan fingerprint density at radius 3 is 2.26 bits per heavy atom. The first-order chi connectivity index (χ1) is 10.7. The SMILES string of the molecule is C[NH+](C)CCCNC(=S)NNC(=O)c1ccc(C(C)(C)C)cc1. The van der Waals surface area contributed by atoms with Crippen LogP contribution in [0.2, 0.25) is 0 Å². The molecule has 0 saturated heterocycles. The minimum Gasteiger partial charge on any atom is -0.361 e. The van der Waals surface area contributed by atoms with Crippen LogP contribution in [0.15, 0.2) is 24.3 Å². The van der Waals surface area contributed by atoms with Gasteiger partial charge in [0.05, 0.1) is 20.6 Å². The van der Waals surface area contributed by atoms with Crippen molar-refractivity contribution in [3.05, 3.63) is 35.4 Å². The molecular weight excluding hydrogens is 308 g/mol. The number of carbonyl (C=O) groups is 1. The fourth-order valence-electron chi connectivity index (χ4n) is 2.00. The van der Waals surface area contributed by atoms with E-state index < -0.39 is 0 Å². The first-order valence-electron chi connectivity index (χ1n) is 7.94. The lowest BCUT2D eigenvalue weighted by atomic mass is 9.87. The first-order valence-corrected chi connectivity index (χ1v) is 8.34. The molecule has 0 saturated carbocycles. The number of quaternary nitrogens is 1. The van der Waals surface area contributed by atoms with Crippen molar-refractivity contribution in [2.45, 2.75) is 32.6 Å². The third-order valence-electron chi connectivity index (χ3n) is 3.44. The number of amides is 1. The molecule has 0 aliphatic rings. The maximum Gasteiger partial charge on any atom is 0.269 e. The fourth-order valence-corrected chi connectivity index (χ4v) is 2.15. The van der Waals surface area contributed by atoms with E-state index in [-0.39, 0.29) is 11.3 Å². The molecule has 0 fully saturated rings. The highest BCUT2D eigenvalue weighted by molar-refractivity contribution is 7.80. The van der Waals surface area contributed by atoms with Gasteiger partial charge in [0.15, 0.2) is 5.11 Å². The van der Waals surface area contributed by atoms with Gasteiger partial charge in [-0.2, -0.15) is 0 Å².